The Balaban J connectivity index is 2.78. The number of methoxy groups -OCH3 is 1. The first-order valence-corrected chi connectivity index (χ1v) is 6.13. The highest BCUT2D eigenvalue weighted by Gasteiger charge is 2.11. The van der Waals surface area contributed by atoms with Crippen LogP contribution in [0, 0.1) is 0 Å². The van der Waals surface area contributed by atoms with Crippen LogP contribution in [-0.2, 0) is 11.2 Å². The third kappa shape index (κ3) is 4.33. The number of nitrogens with one attached hydrogen (secondary N) is 1. The lowest BCUT2D eigenvalue weighted by molar-refractivity contribution is 0.0905. The number of hydrogen-bond donors (Lipinski definition) is 2. The van der Waals surface area contributed by atoms with Crippen molar-refractivity contribution in [2.24, 2.45) is 0 Å². The third-order valence-corrected chi connectivity index (χ3v) is 2.46. The van der Waals surface area contributed by atoms with Crippen LogP contribution in [-0.4, -0.2) is 30.6 Å². The van der Waals surface area contributed by atoms with Crippen LogP contribution in [0.2, 0.25) is 0 Å². The summed E-state index contributed by atoms with van der Waals surface area (Å²) in [4.78, 5) is 16.2. The molecule has 1 atom stereocenters. The molecule has 0 aliphatic heterocycles. The van der Waals surface area contributed by atoms with Crippen LogP contribution in [0.15, 0.2) is 12.1 Å². The molecule has 5 heteroatoms. The van der Waals surface area contributed by atoms with E-state index in [0.717, 1.165) is 18.5 Å². The van der Waals surface area contributed by atoms with Gasteiger partial charge in [-0.25, -0.2) is 4.98 Å². The van der Waals surface area contributed by atoms with Gasteiger partial charge < -0.3 is 15.8 Å². The first-order chi connectivity index (χ1) is 8.56. The molecule has 0 aliphatic rings. The van der Waals surface area contributed by atoms with Crippen molar-refractivity contribution >= 4 is 11.7 Å². The number of nitrogens with zero attached hydrogens (tertiary/aromatic N) is 1. The van der Waals surface area contributed by atoms with Gasteiger partial charge in [-0.1, -0.05) is 13.3 Å². The fraction of sp³-hybridized carbons (Fsp3) is 0.538. The number of pyridine rings is 1. The number of anilines is 1. The number of ether oxygens (including phenoxy) is 1. The van der Waals surface area contributed by atoms with E-state index in [1.54, 1.807) is 19.2 Å². The predicted molar refractivity (Wildman–Crippen MR) is 71.4 cm³/mol. The minimum Gasteiger partial charge on any atom is -0.384 e. The van der Waals surface area contributed by atoms with Crippen molar-refractivity contribution in [2.45, 2.75) is 32.7 Å². The molecule has 100 valence electrons. The van der Waals surface area contributed by atoms with Crippen LogP contribution in [0.3, 0.4) is 0 Å². The highest BCUT2D eigenvalue weighted by atomic mass is 16.5. The summed E-state index contributed by atoms with van der Waals surface area (Å²) in [6.45, 7) is 4.43. The Morgan fingerprint density at radius 1 is 1.56 bits per heavy atom. The first kappa shape index (κ1) is 14.4. The highest BCUT2D eigenvalue weighted by Crippen LogP contribution is 2.10. The van der Waals surface area contributed by atoms with E-state index in [1.807, 2.05) is 6.92 Å². The Morgan fingerprint density at radius 3 is 2.89 bits per heavy atom. The van der Waals surface area contributed by atoms with E-state index >= 15 is 0 Å². The second-order valence-electron chi connectivity index (χ2n) is 4.35. The highest BCUT2D eigenvalue weighted by molar-refractivity contribution is 5.95. The monoisotopic (exact) mass is 251 g/mol. The lowest BCUT2D eigenvalue weighted by atomic mass is 10.1. The zero-order valence-electron chi connectivity index (χ0n) is 11.2. The van der Waals surface area contributed by atoms with Crippen molar-refractivity contribution in [1.29, 1.82) is 0 Å². The fourth-order valence-corrected chi connectivity index (χ4v) is 1.72. The minimum atomic E-state index is -0.147. The number of rotatable bonds is 6. The van der Waals surface area contributed by atoms with Gasteiger partial charge in [0.25, 0.3) is 5.91 Å². The van der Waals surface area contributed by atoms with Crippen LogP contribution >= 0.6 is 0 Å². The summed E-state index contributed by atoms with van der Waals surface area (Å²) in [5, 5.41) is 2.85. The Bertz CT molecular complexity index is 407. The largest absolute Gasteiger partial charge is 0.384 e. The van der Waals surface area contributed by atoms with Crippen LogP contribution < -0.4 is 11.1 Å². The Labute approximate surface area is 108 Å². The molecule has 0 spiro atoms. The molecule has 3 N–H and O–H groups in total. The summed E-state index contributed by atoms with van der Waals surface area (Å²) in [6, 6.07) is 3.34. The van der Waals surface area contributed by atoms with Gasteiger partial charge in [-0.2, -0.15) is 0 Å². The number of aromatic nitrogens is 1. The molecule has 1 rings (SSSR count). The van der Waals surface area contributed by atoms with Crippen molar-refractivity contribution in [2.75, 3.05) is 19.5 Å². The molecule has 0 saturated heterocycles. The second kappa shape index (κ2) is 6.96. The number of hydrogen-bond acceptors (Lipinski definition) is 4. The van der Waals surface area contributed by atoms with Gasteiger partial charge in [-0.15, -0.1) is 0 Å². The second-order valence-corrected chi connectivity index (χ2v) is 4.35. The zero-order chi connectivity index (χ0) is 13.5. The standard InChI is InChI=1S/C13H21N3O2/c1-4-5-11-6-10(7-12(14)16-11)13(17)15-9(2)8-18-3/h6-7,9H,4-5,8H2,1-3H3,(H2,14,16)(H,15,17). The van der Waals surface area contributed by atoms with Crippen molar-refractivity contribution in [3.05, 3.63) is 23.4 Å². The molecule has 1 unspecified atom stereocenters. The lowest BCUT2D eigenvalue weighted by Crippen LogP contribution is -2.35. The molecule has 5 nitrogen and oxygen atoms in total. The number of nitrogen functional groups attached to an aromatic ring is 1. The van der Waals surface area contributed by atoms with E-state index in [4.69, 9.17) is 10.5 Å². The first-order valence-electron chi connectivity index (χ1n) is 6.13. The summed E-state index contributed by atoms with van der Waals surface area (Å²) in [7, 11) is 1.60. The molecule has 18 heavy (non-hydrogen) atoms. The normalized spacial score (nSPS) is 12.2. The molecule has 1 heterocycles. The molecule has 0 aromatic carbocycles. The summed E-state index contributed by atoms with van der Waals surface area (Å²) >= 11 is 0. The number of nitrogens with two attached hydrogens (primary N) is 1. The van der Waals surface area contributed by atoms with E-state index in [9.17, 15) is 4.79 Å². The number of carbonyl (C=O) groups is 1. The van der Waals surface area contributed by atoms with Gasteiger partial charge in [0.1, 0.15) is 5.82 Å². The molecule has 0 radical (unpaired) electrons. The van der Waals surface area contributed by atoms with Crippen LogP contribution in [0.1, 0.15) is 36.3 Å². The van der Waals surface area contributed by atoms with Crippen LogP contribution in [0.25, 0.3) is 0 Å². The van der Waals surface area contributed by atoms with Crippen molar-refractivity contribution in [3.63, 3.8) is 0 Å². The molecule has 0 bridgehead atoms. The summed E-state index contributed by atoms with van der Waals surface area (Å²) in [5.41, 5.74) is 7.10. The molecule has 1 aromatic heterocycles. The van der Waals surface area contributed by atoms with Gasteiger partial charge in [-0.05, 0) is 25.5 Å². The van der Waals surface area contributed by atoms with Crippen LogP contribution in [0.4, 0.5) is 5.82 Å². The molecule has 0 aliphatic carbocycles. The lowest BCUT2D eigenvalue weighted by Gasteiger charge is -2.13. The van der Waals surface area contributed by atoms with Gasteiger partial charge in [0.15, 0.2) is 0 Å². The Morgan fingerprint density at radius 2 is 2.28 bits per heavy atom. The maximum Gasteiger partial charge on any atom is 0.251 e. The molecular formula is C13H21N3O2. The van der Waals surface area contributed by atoms with E-state index in [1.165, 1.54) is 0 Å². The van der Waals surface area contributed by atoms with E-state index < -0.39 is 0 Å². The van der Waals surface area contributed by atoms with Gasteiger partial charge >= 0.3 is 0 Å². The fourth-order valence-electron chi connectivity index (χ4n) is 1.72. The third-order valence-electron chi connectivity index (χ3n) is 2.46. The van der Waals surface area contributed by atoms with E-state index in [2.05, 4.69) is 17.2 Å². The van der Waals surface area contributed by atoms with E-state index in [-0.39, 0.29) is 11.9 Å². The molecule has 1 amide bonds. The summed E-state index contributed by atoms with van der Waals surface area (Å²) in [5.74, 6) is 0.233. The quantitative estimate of drug-likeness (QED) is 0.800. The topological polar surface area (TPSA) is 77.2 Å². The van der Waals surface area contributed by atoms with Crippen LogP contribution in [0.5, 0.6) is 0 Å². The molecule has 0 saturated carbocycles. The average molecular weight is 251 g/mol. The average Bonchev–Trinajstić information content (AvgIpc) is 2.28. The van der Waals surface area contributed by atoms with Gasteiger partial charge in [0, 0.05) is 24.4 Å². The maximum absolute atomic E-state index is 12.0. The minimum absolute atomic E-state index is 0.0356. The van der Waals surface area contributed by atoms with Gasteiger partial charge in [0.2, 0.25) is 0 Å². The van der Waals surface area contributed by atoms with Gasteiger partial charge in [-0.3, -0.25) is 4.79 Å². The number of aryl methyl sites for hydroxylation is 1. The molecular weight excluding hydrogens is 230 g/mol. The SMILES string of the molecule is CCCc1cc(C(=O)NC(C)COC)cc(N)n1. The number of carbonyl (C=O) groups excluding carboxylic acids is 1. The molecule has 1 aromatic rings. The summed E-state index contributed by atoms with van der Waals surface area (Å²) < 4.78 is 4.97. The smallest absolute Gasteiger partial charge is 0.251 e. The Hall–Kier alpha value is -1.62. The zero-order valence-corrected chi connectivity index (χ0v) is 11.2. The maximum atomic E-state index is 12.0. The summed E-state index contributed by atoms with van der Waals surface area (Å²) in [6.07, 6.45) is 1.79. The Kier molecular flexibility index (Phi) is 5.58. The van der Waals surface area contributed by atoms with Crippen molar-refractivity contribution < 1.29 is 9.53 Å². The number of amides is 1. The van der Waals surface area contributed by atoms with Gasteiger partial charge in [0.05, 0.1) is 6.61 Å². The van der Waals surface area contributed by atoms with Crippen molar-refractivity contribution in [3.8, 4) is 0 Å². The van der Waals surface area contributed by atoms with E-state index in [0.29, 0.717) is 18.0 Å². The predicted octanol–water partition coefficient (Wildman–Crippen LogP) is 1.38. The molecule has 0 fully saturated rings. The van der Waals surface area contributed by atoms with Crippen molar-refractivity contribution in [1.82, 2.24) is 10.3 Å².